The molecule has 0 aliphatic rings. The number of nitrogens with one attached hydrogen (secondary N) is 1. The average molecular weight is 278 g/mol. The third-order valence-corrected chi connectivity index (χ3v) is 2.78. The summed E-state index contributed by atoms with van der Waals surface area (Å²) in [6, 6.07) is 0. The highest BCUT2D eigenvalue weighted by molar-refractivity contribution is 14.2. The van der Waals surface area contributed by atoms with Gasteiger partial charge in [0.2, 0.25) is 0 Å². The molecule has 0 saturated heterocycles. The number of aromatic nitrogens is 4. The van der Waals surface area contributed by atoms with Crippen molar-refractivity contribution < 1.29 is 0 Å². The van der Waals surface area contributed by atoms with Gasteiger partial charge in [0.1, 0.15) is 0 Å². The first-order valence-electron chi connectivity index (χ1n) is 2.85. The summed E-state index contributed by atoms with van der Waals surface area (Å²) < 4.78 is 0. The Bertz CT molecular complexity index is 340. The van der Waals surface area contributed by atoms with Crippen molar-refractivity contribution in [3.05, 3.63) is 12.4 Å². The summed E-state index contributed by atoms with van der Waals surface area (Å²) in [5.41, 5.74) is 1.42. The van der Waals surface area contributed by atoms with Crippen molar-refractivity contribution in [2.45, 2.75) is 5.16 Å². The predicted octanol–water partition coefficient (Wildman–Crippen LogP) is 1.79. The average Bonchev–Trinajstić information content (AvgIpc) is 2.46. The maximum absolute atomic E-state index is 4.16. The van der Waals surface area contributed by atoms with Crippen LogP contribution < -0.4 is 0 Å². The molecule has 6 heteroatoms. The Labute approximate surface area is 78.8 Å². The van der Waals surface area contributed by atoms with Gasteiger partial charge in [-0.3, -0.25) is 0 Å². The van der Waals surface area contributed by atoms with Crippen molar-refractivity contribution in [1.82, 2.24) is 19.9 Å². The summed E-state index contributed by atoms with van der Waals surface area (Å²) in [5, 5.41) is 0.840. The molecular formula is C5H3IN4S. The van der Waals surface area contributed by atoms with E-state index in [-0.39, 0.29) is 0 Å². The minimum Gasteiger partial charge on any atom is -0.316 e. The van der Waals surface area contributed by atoms with E-state index in [1.54, 1.807) is 12.4 Å². The number of nitrogens with zero attached hydrogens (tertiary/aromatic N) is 3. The van der Waals surface area contributed by atoms with Crippen LogP contribution in [0, 0.1) is 0 Å². The molecule has 2 aromatic rings. The lowest BCUT2D eigenvalue weighted by atomic mass is 10.7. The first-order chi connectivity index (χ1) is 5.40. The molecule has 2 rings (SSSR count). The molecule has 2 heterocycles. The zero-order valence-corrected chi connectivity index (χ0v) is 8.26. The van der Waals surface area contributed by atoms with Gasteiger partial charge in [-0.05, 0) is 8.93 Å². The number of H-pyrrole nitrogens is 1. The minimum absolute atomic E-state index is 0.673. The molecule has 0 amide bonds. The highest BCUT2D eigenvalue weighted by Gasteiger charge is 2.01. The molecular weight excluding hydrogens is 275 g/mol. The zero-order valence-electron chi connectivity index (χ0n) is 5.28. The molecule has 4 nitrogen and oxygen atoms in total. The molecule has 0 aromatic carbocycles. The predicted molar refractivity (Wildman–Crippen MR) is 51.6 cm³/mol. The summed E-state index contributed by atoms with van der Waals surface area (Å²) in [6.45, 7) is 0. The SMILES string of the molecule is ISc1nc2nccnc2[nH]1. The lowest BCUT2D eigenvalue weighted by Gasteiger charge is -1.80. The minimum atomic E-state index is 0.673. The van der Waals surface area contributed by atoms with E-state index in [0.29, 0.717) is 5.65 Å². The van der Waals surface area contributed by atoms with Gasteiger partial charge in [0, 0.05) is 33.6 Å². The van der Waals surface area contributed by atoms with Crippen molar-refractivity contribution in [3.63, 3.8) is 0 Å². The van der Waals surface area contributed by atoms with Gasteiger partial charge in [0.15, 0.2) is 16.5 Å². The first-order valence-corrected chi connectivity index (χ1v) is 6.21. The van der Waals surface area contributed by atoms with Crippen molar-refractivity contribution in [1.29, 1.82) is 0 Å². The number of imidazole rings is 1. The summed E-state index contributed by atoms with van der Waals surface area (Å²) in [4.78, 5) is 15.3. The Kier molecular flexibility index (Phi) is 1.95. The molecule has 0 aliphatic carbocycles. The smallest absolute Gasteiger partial charge is 0.198 e. The number of halogens is 1. The van der Waals surface area contributed by atoms with Crippen molar-refractivity contribution in [2.24, 2.45) is 0 Å². The van der Waals surface area contributed by atoms with E-state index < -0.39 is 0 Å². The van der Waals surface area contributed by atoms with Crippen LogP contribution in [0.3, 0.4) is 0 Å². The summed E-state index contributed by atoms with van der Waals surface area (Å²) in [6.07, 6.45) is 3.27. The van der Waals surface area contributed by atoms with Gasteiger partial charge in [0.05, 0.1) is 0 Å². The lowest BCUT2D eigenvalue weighted by molar-refractivity contribution is 1.08. The van der Waals surface area contributed by atoms with E-state index in [2.05, 4.69) is 41.1 Å². The Morgan fingerprint density at radius 3 is 2.91 bits per heavy atom. The van der Waals surface area contributed by atoms with Crippen LogP contribution in [0.25, 0.3) is 11.3 Å². The second-order valence-electron chi connectivity index (χ2n) is 1.85. The van der Waals surface area contributed by atoms with Crippen LogP contribution in [0.1, 0.15) is 0 Å². The fourth-order valence-electron chi connectivity index (χ4n) is 0.763. The number of hydrogen-bond acceptors (Lipinski definition) is 4. The Balaban J connectivity index is 2.69. The van der Waals surface area contributed by atoms with Crippen molar-refractivity contribution in [2.75, 3.05) is 0 Å². The van der Waals surface area contributed by atoms with Crippen LogP contribution in [0.15, 0.2) is 17.6 Å². The molecule has 0 bridgehead atoms. The van der Waals surface area contributed by atoms with Gasteiger partial charge in [-0.2, -0.15) is 0 Å². The highest BCUT2D eigenvalue weighted by Crippen LogP contribution is 2.22. The van der Waals surface area contributed by atoms with E-state index in [0.717, 1.165) is 10.8 Å². The fraction of sp³-hybridized carbons (Fsp3) is 0. The van der Waals surface area contributed by atoms with E-state index in [1.165, 1.54) is 8.93 Å². The van der Waals surface area contributed by atoms with Crippen molar-refractivity contribution >= 4 is 41.4 Å². The molecule has 0 aliphatic heterocycles. The van der Waals surface area contributed by atoms with Gasteiger partial charge in [-0.25, -0.2) is 15.0 Å². The van der Waals surface area contributed by atoms with Gasteiger partial charge in [0.25, 0.3) is 0 Å². The summed E-state index contributed by atoms with van der Waals surface area (Å²) in [7, 11) is 1.52. The Morgan fingerprint density at radius 2 is 2.18 bits per heavy atom. The maximum Gasteiger partial charge on any atom is 0.198 e. The molecule has 0 radical (unpaired) electrons. The van der Waals surface area contributed by atoms with E-state index in [1.807, 2.05) is 0 Å². The molecule has 2 aromatic heterocycles. The van der Waals surface area contributed by atoms with Crippen molar-refractivity contribution in [3.8, 4) is 0 Å². The molecule has 0 unspecified atom stereocenters. The van der Waals surface area contributed by atoms with Crippen LogP contribution in [-0.2, 0) is 0 Å². The summed E-state index contributed by atoms with van der Waals surface area (Å²) >= 11 is 2.16. The van der Waals surface area contributed by atoms with Gasteiger partial charge >= 0.3 is 0 Å². The maximum atomic E-state index is 4.16. The third-order valence-electron chi connectivity index (χ3n) is 1.18. The number of hydrogen-bond donors (Lipinski definition) is 1. The second kappa shape index (κ2) is 2.94. The molecule has 11 heavy (non-hydrogen) atoms. The third kappa shape index (κ3) is 1.32. The number of aromatic amines is 1. The molecule has 0 saturated carbocycles. The Morgan fingerprint density at radius 1 is 1.36 bits per heavy atom. The Hall–Kier alpha value is -0.370. The number of rotatable bonds is 1. The second-order valence-corrected chi connectivity index (χ2v) is 3.71. The molecule has 1 N–H and O–H groups in total. The topological polar surface area (TPSA) is 54.5 Å². The van der Waals surface area contributed by atoms with E-state index in [9.17, 15) is 0 Å². The van der Waals surface area contributed by atoms with Crippen LogP contribution in [0.5, 0.6) is 0 Å². The van der Waals surface area contributed by atoms with Gasteiger partial charge in [-0.1, -0.05) is 0 Å². The van der Waals surface area contributed by atoms with E-state index >= 15 is 0 Å². The number of fused-ring (bicyclic) bond motifs is 1. The lowest BCUT2D eigenvalue weighted by Crippen LogP contribution is -1.77. The monoisotopic (exact) mass is 278 g/mol. The standard InChI is InChI=1S/C5H3IN4S/c6-11-5-9-3-4(10-5)8-2-1-7-3/h1-2H,(H,7,8,9,10). The first kappa shape index (κ1) is 7.29. The molecule has 0 fully saturated rings. The molecule has 56 valence electrons. The normalized spacial score (nSPS) is 10.6. The van der Waals surface area contributed by atoms with Gasteiger partial charge < -0.3 is 4.98 Å². The largest absolute Gasteiger partial charge is 0.316 e. The van der Waals surface area contributed by atoms with Crippen LogP contribution in [0.4, 0.5) is 0 Å². The van der Waals surface area contributed by atoms with Crippen LogP contribution in [0.2, 0.25) is 0 Å². The van der Waals surface area contributed by atoms with Crippen LogP contribution in [-0.4, -0.2) is 19.9 Å². The molecule has 0 atom stereocenters. The van der Waals surface area contributed by atoms with Crippen LogP contribution >= 0.6 is 30.1 Å². The zero-order chi connectivity index (χ0) is 7.68. The summed E-state index contributed by atoms with van der Waals surface area (Å²) in [5.74, 6) is 0. The highest BCUT2D eigenvalue weighted by atomic mass is 127. The van der Waals surface area contributed by atoms with Gasteiger partial charge in [-0.15, -0.1) is 0 Å². The quantitative estimate of drug-likeness (QED) is 0.808. The van der Waals surface area contributed by atoms with E-state index in [4.69, 9.17) is 0 Å². The fourth-order valence-corrected chi connectivity index (χ4v) is 1.64. The molecule has 0 spiro atoms.